The molecule has 0 saturated carbocycles. The van der Waals surface area contributed by atoms with E-state index in [1.165, 1.54) is 0 Å². The van der Waals surface area contributed by atoms with Crippen LogP contribution in [0.3, 0.4) is 0 Å². The van der Waals surface area contributed by atoms with E-state index < -0.39 is 29.4 Å². The zero-order valence-corrected chi connectivity index (χ0v) is 6.35. The lowest BCUT2D eigenvalue weighted by atomic mass is 9.77. The molecule has 0 amide bonds. The minimum absolute atomic E-state index is 0.216. The summed E-state index contributed by atoms with van der Waals surface area (Å²) < 4.78 is 0. The molecule has 0 fully saturated rings. The zero-order chi connectivity index (χ0) is 10.2. The molecule has 3 N–H and O–H groups in total. The highest BCUT2D eigenvalue weighted by Gasteiger charge is 2.42. The molecule has 0 aromatic rings. The minimum atomic E-state index is -1.48. The normalized spacial score (nSPS) is 20.8. The number of aliphatic carboxylic acids is 3. The number of hydrogen-bond donors (Lipinski definition) is 3. The Morgan fingerprint density at radius 3 is 1.92 bits per heavy atom. The smallest absolute Gasteiger partial charge is 0.333 e. The van der Waals surface area contributed by atoms with Crippen LogP contribution in [0.15, 0.2) is 11.1 Å². The Balaban J connectivity index is 3.02. The molecule has 6 heteroatoms. The predicted molar refractivity (Wildman–Crippen MR) is 38.0 cm³/mol. The quantitative estimate of drug-likeness (QED) is 0.550. The van der Waals surface area contributed by atoms with Crippen molar-refractivity contribution in [3.63, 3.8) is 0 Å². The Morgan fingerprint density at radius 1 is 1.08 bits per heavy atom. The van der Waals surface area contributed by atoms with Crippen LogP contribution in [0.1, 0.15) is 6.42 Å². The predicted octanol–water partition coefficient (Wildman–Crippen LogP) is -0.443. The largest absolute Gasteiger partial charge is 0.481 e. The zero-order valence-electron chi connectivity index (χ0n) is 6.35. The van der Waals surface area contributed by atoms with Crippen molar-refractivity contribution in [3.8, 4) is 0 Å². The lowest BCUT2D eigenvalue weighted by Crippen LogP contribution is -2.34. The molecule has 0 radical (unpaired) electrons. The molecule has 0 aromatic heterocycles. The van der Waals surface area contributed by atoms with E-state index in [4.69, 9.17) is 15.3 Å². The summed E-state index contributed by atoms with van der Waals surface area (Å²) in [6, 6.07) is 0. The molecule has 1 aliphatic carbocycles. The van der Waals surface area contributed by atoms with Crippen molar-refractivity contribution >= 4 is 17.9 Å². The van der Waals surface area contributed by atoms with Crippen LogP contribution in [0.25, 0.3) is 0 Å². The van der Waals surface area contributed by atoms with Gasteiger partial charge in [-0.05, 0) is 6.42 Å². The first-order valence-electron chi connectivity index (χ1n) is 3.37. The van der Waals surface area contributed by atoms with Gasteiger partial charge in [-0.25, -0.2) is 9.59 Å². The summed E-state index contributed by atoms with van der Waals surface area (Å²) in [4.78, 5) is 31.2. The first-order chi connectivity index (χ1) is 5.95. The molecule has 6 nitrogen and oxygen atoms in total. The van der Waals surface area contributed by atoms with E-state index in [1.54, 1.807) is 0 Å². The molecule has 1 aliphatic rings. The van der Waals surface area contributed by atoms with Gasteiger partial charge in [-0.3, -0.25) is 4.79 Å². The second-order valence-electron chi connectivity index (χ2n) is 2.60. The van der Waals surface area contributed by atoms with Gasteiger partial charge in [0.05, 0.1) is 11.5 Å². The number of hydrogen-bond acceptors (Lipinski definition) is 3. The van der Waals surface area contributed by atoms with Crippen LogP contribution in [0.5, 0.6) is 0 Å². The van der Waals surface area contributed by atoms with E-state index in [0.29, 0.717) is 0 Å². The van der Waals surface area contributed by atoms with E-state index in [9.17, 15) is 14.4 Å². The van der Waals surface area contributed by atoms with E-state index in [2.05, 4.69) is 0 Å². The summed E-state index contributed by atoms with van der Waals surface area (Å²) in [5.74, 6) is -5.32. The highest BCUT2D eigenvalue weighted by atomic mass is 16.4. The Bertz CT molecular complexity index is 326. The van der Waals surface area contributed by atoms with Crippen LogP contribution in [0.2, 0.25) is 0 Å². The van der Waals surface area contributed by atoms with Gasteiger partial charge in [-0.15, -0.1) is 0 Å². The SMILES string of the molecule is O=C(O)C1=C(C(=O)O)C(C(=O)O)C1. The summed E-state index contributed by atoms with van der Waals surface area (Å²) >= 11 is 0. The van der Waals surface area contributed by atoms with Gasteiger partial charge in [0.1, 0.15) is 0 Å². The van der Waals surface area contributed by atoms with Gasteiger partial charge >= 0.3 is 17.9 Å². The molecule has 70 valence electrons. The molecule has 0 saturated heterocycles. The molecular weight excluding hydrogens is 180 g/mol. The van der Waals surface area contributed by atoms with Crippen LogP contribution in [-0.2, 0) is 14.4 Å². The molecule has 0 spiro atoms. The number of carboxylic acids is 3. The minimum Gasteiger partial charge on any atom is -0.481 e. The van der Waals surface area contributed by atoms with Gasteiger partial charge in [0.25, 0.3) is 0 Å². The molecule has 0 heterocycles. The van der Waals surface area contributed by atoms with E-state index >= 15 is 0 Å². The van der Waals surface area contributed by atoms with Crippen molar-refractivity contribution in [1.29, 1.82) is 0 Å². The van der Waals surface area contributed by atoms with Crippen molar-refractivity contribution in [2.45, 2.75) is 6.42 Å². The van der Waals surface area contributed by atoms with Crippen molar-refractivity contribution < 1.29 is 29.7 Å². The first-order valence-corrected chi connectivity index (χ1v) is 3.37. The van der Waals surface area contributed by atoms with Gasteiger partial charge in [0.2, 0.25) is 0 Å². The Kier molecular flexibility index (Phi) is 2.05. The molecule has 1 atom stereocenters. The van der Waals surface area contributed by atoms with Gasteiger partial charge in [0, 0.05) is 5.57 Å². The summed E-state index contributed by atoms with van der Waals surface area (Å²) in [5, 5.41) is 25.4. The van der Waals surface area contributed by atoms with E-state index in [1.807, 2.05) is 0 Å². The van der Waals surface area contributed by atoms with E-state index in [-0.39, 0.29) is 12.0 Å². The van der Waals surface area contributed by atoms with Gasteiger partial charge in [-0.2, -0.15) is 0 Å². The summed E-state index contributed by atoms with van der Waals surface area (Å²) in [6.45, 7) is 0. The van der Waals surface area contributed by atoms with Crippen molar-refractivity contribution in [3.05, 3.63) is 11.1 Å². The van der Waals surface area contributed by atoms with Gasteiger partial charge in [-0.1, -0.05) is 0 Å². The van der Waals surface area contributed by atoms with E-state index in [0.717, 1.165) is 0 Å². The average Bonchev–Trinajstić information content (AvgIpc) is 1.79. The highest BCUT2D eigenvalue weighted by Crippen LogP contribution is 2.35. The Morgan fingerprint density at radius 2 is 1.62 bits per heavy atom. The lowest BCUT2D eigenvalue weighted by Gasteiger charge is -2.24. The Hall–Kier alpha value is -1.85. The van der Waals surface area contributed by atoms with Crippen LogP contribution in [0.4, 0.5) is 0 Å². The third-order valence-electron chi connectivity index (χ3n) is 1.87. The fourth-order valence-corrected chi connectivity index (χ4v) is 1.19. The molecular formula is C7H6O6. The van der Waals surface area contributed by atoms with Crippen LogP contribution in [0, 0.1) is 5.92 Å². The molecule has 0 aliphatic heterocycles. The maximum atomic E-state index is 10.4. The number of carboxylic acid groups (broad SMARTS) is 3. The molecule has 13 heavy (non-hydrogen) atoms. The molecule has 0 aromatic carbocycles. The summed E-state index contributed by atoms with van der Waals surface area (Å²) in [7, 11) is 0. The second kappa shape index (κ2) is 2.89. The van der Waals surface area contributed by atoms with Crippen molar-refractivity contribution in [2.75, 3.05) is 0 Å². The maximum absolute atomic E-state index is 10.4. The monoisotopic (exact) mass is 186 g/mol. The topological polar surface area (TPSA) is 112 Å². The molecule has 1 rings (SSSR count). The summed E-state index contributed by atoms with van der Waals surface area (Å²) in [5.41, 5.74) is -0.833. The third-order valence-corrected chi connectivity index (χ3v) is 1.87. The van der Waals surface area contributed by atoms with Crippen LogP contribution in [-0.4, -0.2) is 33.2 Å². The number of rotatable bonds is 3. The molecule has 1 unspecified atom stereocenters. The standard InChI is InChI=1S/C7H6O6/c8-5(9)2-1-3(6(10)11)4(2)7(12)13/h2H,1H2,(H,8,9)(H,10,11)(H,12,13). The fraction of sp³-hybridized carbons (Fsp3) is 0.286. The maximum Gasteiger partial charge on any atom is 0.333 e. The van der Waals surface area contributed by atoms with Crippen LogP contribution < -0.4 is 0 Å². The van der Waals surface area contributed by atoms with Crippen molar-refractivity contribution in [2.24, 2.45) is 5.92 Å². The van der Waals surface area contributed by atoms with Crippen molar-refractivity contribution in [1.82, 2.24) is 0 Å². The summed E-state index contributed by atoms with van der Waals surface area (Å²) in [6.07, 6.45) is -0.216. The lowest BCUT2D eigenvalue weighted by molar-refractivity contribution is -0.146. The second-order valence-corrected chi connectivity index (χ2v) is 2.60. The average molecular weight is 186 g/mol. The van der Waals surface area contributed by atoms with Gasteiger partial charge in [0.15, 0.2) is 0 Å². The highest BCUT2D eigenvalue weighted by molar-refractivity contribution is 6.06. The first kappa shape index (κ1) is 9.24. The third kappa shape index (κ3) is 1.37. The Labute approximate surface area is 72.1 Å². The van der Waals surface area contributed by atoms with Gasteiger partial charge < -0.3 is 15.3 Å². The number of carbonyl (C=O) groups is 3. The fourth-order valence-electron chi connectivity index (χ4n) is 1.19. The van der Waals surface area contributed by atoms with Crippen LogP contribution >= 0.6 is 0 Å². The molecule has 0 bridgehead atoms.